The molecule has 1 spiro atoms. The molecule has 1 heterocycles. The van der Waals surface area contributed by atoms with Crippen molar-refractivity contribution >= 4 is 22.6 Å². The molecule has 1 aliphatic carbocycles. The Hall–Kier alpha value is 0.690. The van der Waals surface area contributed by atoms with E-state index in [1.165, 1.54) is 38.5 Å². The molecule has 0 amide bonds. The van der Waals surface area contributed by atoms with Gasteiger partial charge in [-0.05, 0) is 51.4 Å². The van der Waals surface area contributed by atoms with E-state index in [1.807, 2.05) is 0 Å². The van der Waals surface area contributed by atoms with Crippen molar-refractivity contribution in [3.8, 4) is 0 Å². The molecule has 0 aromatic rings. The van der Waals surface area contributed by atoms with E-state index in [1.54, 1.807) is 0 Å². The molecule has 14 heavy (non-hydrogen) atoms. The summed E-state index contributed by atoms with van der Waals surface area (Å²) in [5.74, 6) is 0.927. The van der Waals surface area contributed by atoms with Crippen LogP contribution in [0.3, 0.4) is 0 Å². The lowest BCUT2D eigenvalue weighted by Crippen LogP contribution is -2.37. The highest BCUT2D eigenvalue weighted by Gasteiger charge is 2.46. The summed E-state index contributed by atoms with van der Waals surface area (Å²) < 4.78 is 7.51. The van der Waals surface area contributed by atoms with Crippen LogP contribution in [0.25, 0.3) is 0 Å². The molecule has 82 valence electrons. The second-order valence-corrected chi connectivity index (χ2v) is 6.31. The van der Waals surface area contributed by atoms with Crippen molar-refractivity contribution in [2.45, 2.75) is 63.6 Å². The smallest absolute Gasteiger partial charge is 0.0752 e. The standard InChI is InChI=1S/C12H21IO/c1-10-3-5-12(6-4-10)8-7-11(2,9-13)14-12/h10H,3-9H2,1-2H3. The molecule has 1 saturated heterocycles. The van der Waals surface area contributed by atoms with Crippen LogP contribution in [0.5, 0.6) is 0 Å². The molecule has 0 aromatic heterocycles. The second-order valence-electron chi connectivity index (χ2n) is 5.55. The van der Waals surface area contributed by atoms with Crippen LogP contribution in [0.2, 0.25) is 0 Å². The van der Waals surface area contributed by atoms with Crippen LogP contribution in [0.15, 0.2) is 0 Å². The van der Waals surface area contributed by atoms with Crippen LogP contribution in [0.1, 0.15) is 52.4 Å². The minimum atomic E-state index is 0.182. The molecule has 2 aliphatic rings. The first-order valence-corrected chi connectivity index (χ1v) is 7.36. The van der Waals surface area contributed by atoms with E-state index in [9.17, 15) is 0 Å². The molecule has 1 unspecified atom stereocenters. The molecule has 2 rings (SSSR count). The summed E-state index contributed by atoms with van der Waals surface area (Å²) in [5, 5.41) is 0. The Morgan fingerprint density at radius 1 is 1.21 bits per heavy atom. The number of ether oxygens (including phenoxy) is 1. The molecule has 1 aliphatic heterocycles. The lowest BCUT2D eigenvalue weighted by molar-refractivity contribution is -0.104. The molecule has 1 nitrogen and oxygen atoms in total. The lowest BCUT2D eigenvalue weighted by atomic mass is 9.78. The Morgan fingerprint density at radius 3 is 2.36 bits per heavy atom. The zero-order valence-electron chi connectivity index (χ0n) is 9.31. The molecule has 1 atom stereocenters. The van der Waals surface area contributed by atoms with E-state index >= 15 is 0 Å². The first-order chi connectivity index (χ1) is 6.58. The van der Waals surface area contributed by atoms with Gasteiger partial charge in [-0.1, -0.05) is 29.5 Å². The quantitative estimate of drug-likeness (QED) is 0.527. The van der Waals surface area contributed by atoms with E-state index < -0.39 is 0 Å². The summed E-state index contributed by atoms with van der Waals surface area (Å²) in [4.78, 5) is 0. The third-order valence-electron chi connectivity index (χ3n) is 4.04. The highest BCUT2D eigenvalue weighted by molar-refractivity contribution is 14.1. The first-order valence-electron chi connectivity index (χ1n) is 5.84. The van der Waals surface area contributed by atoms with Crippen molar-refractivity contribution in [2.75, 3.05) is 4.43 Å². The molecular weight excluding hydrogens is 287 g/mol. The Labute approximate surface area is 101 Å². The Kier molecular flexibility index (Phi) is 3.14. The molecule has 0 N–H and O–H groups in total. The summed E-state index contributed by atoms with van der Waals surface area (Å²) in [6, 6.07) is 0. The third-order valence-corrected chi connectivity index (χ3v) is 5.65. The number of halogens is 1. The second kappa shape index (κ2) is 3.93. The third kappa shape index (κ3) is 2.11. The zero-order valence-corrected chi connectivity index (χ0v) is 11.5. The first kappa shape index (κ1) is 11.2. The maximum atomic E-state index is 6.37. The van der Waals surface area contributed by atoms with Gasteiger partial charge in [-0.15, -0.1) is 0 Å². The average molecular weight is 308 g/mol. The highest BCUT2D eigenvalue weighted by Crippen LogP contribution is 2.47. The fraction of sp³-hybridized carbons (Fsp3) is 1.00. The Morgan fingerprint density at radius 2 is 1.86 bits per heavy atom. The van der Waals surface area contributed by atoms with Gasteiger partial charge < -0.3 is 4.74 Å². The number of rotatable bonds is 1. The van der Waals surface area contributed by atoms with Crippen molar-refractivity contribution in [2.24, 2.45) is 5.92 Å². The lowest BCUT2D eigenvalue weighted by Gasteiger charge is -2.37. The maximum absolute atomic E-state index is 6.37. The van der Waals surface area contributed by atoms with Crippen LogP contribution >= 0.6 is 22.6 Å². The predicted octanol–water partition coefficient (Wildman–Crippen LogP) is 3.94. The van der Waals surface area contributed by atoms with E-state index in [0.717, 1.165) is 10.3 Å². The number of hydrogen-bond donors (Lipinski definition) is 0. The minimum Gasteiger partial charge on any atom is -0.368 e. The Balaban J connectivity index is 1.99. The average Bonchev–Trinajstić information content (AvgIpc) is 2.51. The summed E-state index contributed by atoms with van der Waals surface area (Å²) in [6.45, 7) is 4.66. The summed E-state index contributed by atoms with van der Waals surface area (Å²) in [6.07, 6.45) is 7.93. The van der Waals surface area contributed by atoms with Crippen LogP contribution in [0.4, 0.5) is 0 Å². The number of alkyl halides is 1. The van der Waals surface area contributed by atoms with E-state index in [0.29, 0.717) is 0 Å². The van der Waals surface area contributed by atoms with Gasteiger partial charge in [0.2, 0.25) is 0 Å². The van der Waals surface area contributed by atoms with Crippen LogP contribution in [-0.4, -0.2) is 15.6 Å². The van der Waals surface area contributed by atoms with Gasteiger partial charge in [0, 0.05) is 4.43 Å². The van der Waals surface area contributed by atoms with E-state index in [-0.39, 0.29) is 11.2 Å². The maximum Gasteiger partial charge on any atom is 0.0752 e. The fourth-order valence-electron chi connectivity index (χ4n) is 2.85. The minimum absolute atomic E-state index is 0.182. The molecule has 0 radical (unpaired) electrons. The van der Waals surface area contributed by atoms with Gasteiger partial charge in [0.1, 0.15) is 0 Å². The largest absolute Gasteiger partial charge is 0.368 e. The van der Waals surface area contributed by atoms with Crippen molar-refractivity contribution in [1.29, 1.82) is 0 Å². The summed E-state index contributed by atoms with van der Waals surface area (Å²) >= 11 is 2.46. The highest BCUT2D eigenvalue weighted by atomic mass is 127. The van der Waals surface area contributed by atoms with Crippen molar-refractivity contribution < 1.29 is 4.74 Å². The molecule has 1 saturated carbocycles. The van der Waals surface area contributed by atoms with E-state index in [4.69, 9.17) is 4.74 Å². The molecule has 0 bridgehead atoms. The molecular formula is C12H21IO. The van der Waals surface area contributed by atoms with E-state index in [2.05, 4.69) is 36.4 Å². The van der Waals surface area contributed by atoms with Crippen LogP contribution in [0, 0.1) is 5.92 Å². The van der Waals surface area contributed by atoms with Gasteiger partial charge in [-0.25, -0.2) is 0 Å². The van der Waals surface area contributed by atoms with Gasteiger partial charge in [-0.2, -0.15) is 0 Å². The normalized spacial score (nSPS) is 48.6. The van der Waals surface area contributed by atoms with Gasteiger partial charge >= 0.3 is 0 Å². The SMILES string of the molecule is CC1CCC2(CC1)CCC(C)(CI)O2. The zero-order chi connectivity index (χ0) is 10.2. The Bertz CT molecular complexity index is 203. The summed E-state index contributed by atoms with van der Waals surface area (Å²) in [5.41, 5.74) is 0.466. The summed E-state index contributed by atoms with van der Waals surface area (Å²) in [7, 11) is 0. The molecule has 0 aromatic carbocycles. The number of hydrogen-bond acceptors (Lipinski definition) is 1. The fourth-order valence-corrected chi connectivity index (χ4v) is 3.39. The van der Waals surface area contributed by atoms with Gasteiger partial charge in [0.15, 0.2) is 0 Å². The van der Waals surface area contributed by atoms with Gasteiger partial charge in [-0.3, -0.25) is 0 Å². The van der Waals surface area contributed by atoms with Crippen molar-refractivity contribution in [3.63, 3.8) is 0 Å². The van der Waals surface area contributed by atoms with Crippen LogP contribution < -0.4 is 0 Å². The predicted molar refractivity (Wildman–Crippen MR) is 68.0 cm³/mol. The van der Waals surface area contributed by atoms with Crippen molar-refractivity contribution in [3.05, 3.63) is 0 Å². The molecule has 2 fully saturated rings. The van der Waals surface area contributed by atoms with Gasteiger partial charge in [0.25, 0.3) is 0 Å². The topological polar surface area (TPSA) is 9.23 Å². The molecule has 2 heteroatoms. The van der Waals surface area contributed by atoms with Gasteiger partial charge in [0.05, 0.1) is 11.2 Å². The van der Waals surface area contributed by atoms with Crippen molar-refractivity contribution in [1.82, 2.24) is 0 Å². The van der Waals surface area contributed by atoms with Crippen LogP contribution in [-0.2, 0) is 4.74 Å². The monoisotopic (exact) mass is 308 g/mol.